The number of morpholine rings is 1. The summed E-state index contributed by atoms with van der Waals surface area (Å²) in [6.07, 6.45) is -0.110. The van der Waals surface area contributed by atoms with Gasteiger partial charge in [-0.1, -0.05) is 12.0 Å². The van der Waals surface area contributed by atoms with Crippen molar-refractivity contribution in [2.75, 3.05) is 50.6 Å². The van der Waals surface area contributed by atoms with Gasteiger partial charge in [0.2, 0.25) is 0 Å². The van der Waals surface area contributed by atoms with Crippen LogP contribution in [0.25, 0.3) is 10.9 Å². The van der Waals surface area contributed by atoms with Crippen LogP contribution in [0.15, 0.2) is 47.4 Å². The van der Waals surface area contributed by atoms with Crippen molar-refractivity contribution in [3.63, 3.8) is 0 Å². The van der Waals surface area contributed by atoms with Crippen LogP contribution in [0.4, 0.5) is 24.5 Å². The first-order valence-electron chi connectivity index (χ1n) is 13.7. The molecule has 10 heteroatoms. The number of rotatable bonds is 7. The fourth-order valence-corrected chi connectivity index (χ4v) is 5.90. The predicted octanol–water partition coefficient (Wildman–Crippen LogP) is 6.02. The molecule has 0 amide bonds. The molecule has 2 aromatic carbocycles. The van der Waals surface area contributed by atoms with Gasteiger partial charge in [0.1, 0.15) is 12.3 Å². The number of ether oxygens (including phenoxy) is 2. The van der Waals surface area contributed by atoms with Crippen LogP contribution < -0.4 is 15.4 Å². The van der Waals surface area contributed by atoms with Gasteiger partial charge in [-0.25, -0.2) is 0 Å². The lowest BCUT2D eigenvalue weighted by molar-refractivity contribution is -0.140. The normalized spacial score (nSPS) is 20.1. The van der Waals surface area contributed by atoms with E-state index in [0.29, 0.717) is 23.0 Å². The molecular formula is C30H35F3N4O2S. The molecule has 0 radical (unpaired) electrons. The Hall–Kier alpha value is -3.00. The van der Waals surface area contributed by atoms with E-state index in [-0.39, 0.29) is 12.6 Å². The van der Waals surface area contributed by atoms with Crippen molar-refractivity contribution in [2.24, 2.45) is 0 Å². The number of fused-ring (bicyclic) bond motifs is 1. The fourth-order valence-electron chi connectivity index (χ4n) is 5.71. The minimum atomic E-state index is -4.37. The zero-order valence-electron chi connectivity index (χ0n) is 22.6. The maximum atomic E-state index is 13.6. The van der Waals surface area contributed by atoms with Gasteiger partial charge in [0.05, 0.1) is 43.8 Å². The third kappa shape index (κ3) is 7.00. The van der Waals surface area contributed by atoms with Gasteiger partial charge in [0.15, 0.2) is 0 Å². The van der Waals surface area contributed by atoms with E-state index in [1.807, 2.05) is 24.3 Å². The number of thiol groups is 1. The van der Waals surface area contributed by atoms with E-state index >= 15 is 0 Å². The van der Waals surface area contributed by atoms with E-state index in [4.69, 9.17) is 9.47 Å². The Morgan fingerprint density at radius 2 is 1.82 bits per heavy atom. The van der Waals surface area contributed by atoms with E-state index in [1.165, 1.54) is 4.57 Å². The number of alkyl halides is 3. The summed E-state index contributed by atoms with van der Waals surface area (Å²) in [6, 6.07) is 13.6. The first kappa shape index (κ1) is 28.5. The third-order valence-electron chi connectivity index (χ3n) is 7.67. The van der Waals surface area contributed by atoms with Crippen molar-refractivity contribution in [3.05, 3.63) is 48.2 Å². The summed E-state index contributed by atoms with van der Waals surface area (Å²) < 4.78 is 52.9. The van der Waals surface area contributed by atoms with Gasteiger partial charge in [0.25, 0.3) is 0 Å². The second kappa shape index (κ2) is 12.7. The quantitative estimate of drug-likeness (QED) is 0.239. The molecule has 0 unspecified atom stereocenters. The SMILES string of the molecule is COc1cc(S)ccc1NCC#Cc1cc2c(NC3CCC(N4CCOCC4)CC3)cccc2n1CC(F)(F)F. The smallest absolute Gasteiger partial charge is 0.406 e. The van der Waals surface area contributed by atoms with Gasteiger partial charge >= 0.3 is 6.18 Å². The number of nitrogens with zero attached hydrogens (tertiary/aromatic N) is 2. The molecule has 0 bridgehead atoms. The van der Waals surface area contributed by atoms with Crippen LogP contribution in [-0.4, -0.2) is 67.7 Å². The van der Waals surface area contributed by atoms with E-state index in [9.17, 15) is 13.2 Å². The molecule has 0 spiro atoms. The molecule has 6 nitrogen and oxygen atoms in total. The second-order valence-corrected chi connectivity index (χ2v) is 10.8. The number of aromatic nitrogens is 1. The Morgan fingerprint density at radius 1 is 1.05 bits per heavy atom. The molecule has 1 aliphatic carbocycles. The highest BCUT2D eigenvalue weighted by molar-refractivity contribution is 7.80. The highest BCUT2D eigenvalue weighted by atomic mass is 32.1. The lowest BCUT2D eigenvalue weighted by Crippen LogP contribution is -2.46. The first-order chi connectivity index (χ1) is 19.3. The summed E-state index contributed by atoms with van der Waals surface area (Å²) >= 11 is 4.32. The van der Waals surface area contributed by atoms with Crippen molar-refractivity contribution >= 4 is 34.9 Å². The number of anilines is 2. The zero-order chi connectivity index (χ0) is 28.1. The van der Waals surface area contributed by atoms with E-state index in [0.717, 1.165) is 73.6 Å². The molecule has 1 aromatic heterocycles. The number of halogens is 3. The van der Waals surface area contributed by atoms with Gasteiger partial charge in [-0.3, -0.25) is 4.90 Å². The van der Waals surface area contributed by atoms with Gasteiger partial charge in [-0.15, -0.1) is 12.6 Å². The van der Waals surface area contributed by atoms with Gasteiger partial charge in [0, 0.05) is 41.1 Å². The van der Waals surface area contributed by atoms with Crippen LogP contribution in [-0.2, 0) is 11.3 Å². The minimum absolute atomic E-state index is 0.243. The van der Waals surface area contributed by atoms with Gasteiger partial charge in [-0.2, -0.15) is 13.2 Å². The predicted molar refractivity (Wildman–Crippen MR) is 156 cm³/mol. The van der Waals surface area contributed by atoms with Gasteiger partial charge < -0.3 is 24.7 Å². The van der Waals surface area contributed by atoms with Crippen molar-refractivity contribution in [1.82, 2.24) is 9.47 Å². The van der Waals surface area contributed by atoms with E-state index < -0.39 is 12.7 Å². The monoisotopic (exact) mass is 572 g/mol. The summed E-state index contributed by atoms with van der Waals surface area (Å²) in [5.74, 6) is 6.57. The van der Waals surface area contributed by atoms with Crippen LogP contribution in [0.2, 0.25) is 0 Å². The maximum absolute atomic E-state index is 13.6. The lowest BCUT2D eigenvalue weighted by atomic mass is 9.89. The van der Waals surface area contributed by atoms with Crippen LogP contribution in [0.3, 0.4) is 0 Å². The number of hydrogen-bond acceptors (Lipinski definition) is 6. The summed E-state index contributed by atoms with van der Waals surface area (Å²) in [5.41, 5.74) is 2.44. The Labute approximate surface area is 238 Å². The molecule has 2 aliphatic rings. The number of benzene rings is 2. The minimum Gasteiger partial charge on any atom is -0.495 e. The second-order valence-electron chi connectivity index (χ2n) is 10.3. The molecule has 40 heavy (non-hydrogen) atoms. The number of methoxy groups -OCH3 is 1. The summed E-state index contributed by atoms with van der Waals surface area (Å²) in [6.45, 7) is 2.72. The number of nitrogens with one attached hydrogen (secondary N) is 2. The Bertz CT molecular complexity index is 1370. The van der Waals surface area contributed by atoms with Crippen LogP contribution in [0.1, 0.15) is 31.4 Å². The van der Waals surface area contributed by atoms with E-state index in [1.54, 1.807) is 25.3 Å². The number of hydrogen-bond donors (Lipinski definition) is 3. The molecule has 1 saturated heterocycles. The standard InChI is InChI=1S/C30H35F3N4O2S/c1-38-29-19-24(40)11-12-27(29)34-13-3-4-23-18-25-26(5-2-6-28(25)37(23)20-30(31,32)33)35-21-7-9-22(10-8-21)36-14-16-39-17-15-36/h2,5-6,11-12,18-19,21-22,34-35,40H,7-10,13-17,20H2,1H3. The molecule has 2 fully saturated rings. The van der Waals surface area contributed by atoms with Crippen molar-refractivity contribution in [1.29, 1.82) is 0 Å². The van der Waals surface area contributed by atoms with Crippen molar-refractivity contribution < 1.29 is 22.6 Å². The van der Waals surface area contributed by atoms with Crippen molar-refractivity contribution in [2.45, 2.75) is 55.4 Å². The molecule has 3 aromatic rings. The molecule has 2 heterocycles. The third-order valence-corrected chi connectivity index (χ3v) is 7.95. The van der Waals surface area contributed by atoms with Crippen LogP contribution in [0.5, 0.6) is 5.75 Å². The summed E-state index contributed by atoms with van der Waals surface area (Å²) in [5, 5.41) is 7.56. The molecular weight excluding hydrogens is 537 g/mol. The van der Waals surface area contributed by atoms with Crippen LogP contribution in [0, 0.1) is 11.8 Å². The lowest BCUT2D eigenvalue weighted by Gasteiger charge is -2.39. The Balaban J connectivity index is 1.32. The van der Waals surface area contributed by atoms with E-state index in [2.05, 4.69) is 40.0 Å². The fraction of sp³-hybridized carbons (Fsp3) is 0.467. The molecule has 1 aliphatic heterocycles. The molecule has 0 atom stereocenters. The Kier molecular flexibility index (Phi) is 9.03. The molecule has 1 saturated carbocycles. The highest BCUT2D eigenvalue weighted by Crippen LogP contribution is 2.33. The Morgan fingerprint density at radius 3 is 2.55 bits per heavy atom. The highest BCUT2D eigenvalue weighted by Gasteiger charge is 2.30. The maximum Gasteiger partial charge on any atom is 0.406 e. The largest absolute Gasteiger partial charge is 0.495 e. The first-order valence-corrected chi connectivity index (χ1v) is 14.1. The van der Waals surface area contributed by atoms with Crippen molar-refractivity contribution in [3.8, 4) is 17.6 Å². The zero-order valence-corrected chi connectivity index (χ0v) is 23.5. The topological polar surface area (TPSA) is 50.7 Å². The summed E-state index contributed by atoms with van der Waals surface area (Å²) in [4.78, 5) is 3.29. The summed E-state index contributed by atoms with van der Waals surface area (Å²) in [7, 11) is 1.57. The average molecular weight is 573 g/mol. The van der Waals surface area contributed by atoms with Gasteiger partial charge in [-0.05, 0) is 68.0 Å². The van der Waals surface area contributed by atoms with Crippen LogP contribution >= 0.6 is 12.6 Å². The molecule has 214 valence electrons. The molecule has 2 N–H and O–H groups in total. The molecule has 5 rings (SSSR count). The average Bonchev–Trinajstić information content (AvgIpc) is 3.29.